The Balaban J connectivity index is 2.16. The van der Waals surface area contributed by atoms with Gasteiger partial charge in [-0.1, -0.05) is 0 Å². The lowest BCUT2D eigenvalue weighted by Crippen LogP contribution is -2.54. The third-order valence-electron chi connectivity index (χ3n) is 2.32. The smallest absolute Gasteiger partial charge is 0.387 e. The molecule has 0 aromatic rings. The third-order valence-corrected chi connectivity index (χ3v) is 2.79. The molecule has 2 bridgehead atoms. The van der Waals surface area contributed by atoms with Gasteiger partial charge in [0.25, 0.3) is 0 Å². The second kappa shape index (κ2) is 3.63. The van der Waals surface area contributed by atoms with Gasteiger partial charge < -0.3 is 19.7 Å². The van der Waals surface area contributed by atoms with E-state index in [-0.39, 0.29) is 6.61 Å². The topological polar surface area (TPSA) is 123 Å². The normalized spacial score (nSPS) is 45.7. The fraction of sp³-hybridized carbons (Fsp3) is 1.00. The van der Waals surface area contributed by atoms with Crippen molar-refractivity contribution in [3.05, 3.63) is 0 Å². The number of aliphatic hydroxyl groups is 2. The molecule has 5 atom stereocenters. The summed E-state index contributed by atoms with van der Waals surface area (Å²) in [5, 5.41) is 18.8. The Kier molecular flexibility index (Phi) is 2.71. The summed E-state index contributed by atoms with van der Waals surface area (Å²) in [5.41, 5.74) is 0. The summed E-state index contributed by atoms with van der Waals surface area (Å²) in [6.45, 7) is 0.0359. The van der Waals surface area contributed by atoms with E-state index < -0.39 is 41.1 Å². The fourth-order valence-corrected chi connectivity index (χ4v) is 2.17. The van der Waals surface area contributed by atoms with Crippen LogP contribution in [0.1, 0.15) is 0 Å². The van der Waals surface area contributed by atoms with Crippen molar-refractivity contribution in [2.45, 2.75) is 30.7 Å². The van der Waals surface area contributed by atoms with Crippen molar-refractivity contribution in [2.75, 3.05) is 6.61 Å². The van der Waals surface area contributed by atoms with Crippen molar-refractivity contribution in [1.29, 1.82) is 0 Å². The second-order valence-electron chi connectivity index (χ2n) is 3.34. The first kappa shape index (κ1) is 11.2. The molecule has 2 rings (SSSR count). The number of hydrogen-bond acceptors (Lipinski definition) is 7. The number of fused-ring (bicyclic) bond motifs is 2. The summed E-state index contributed by atoms with van der Waals surface area (Å²) in [7, 11) is -4.74. The summed E-state index contributed by atoms with van der Waals surface area (Å²) in [6.07, 6.45) is -5.84. The van der Waals surface area contributed by atoms with E-state index in [4.69, 9.17) is 14.0 Å². The highest BCUT2D eigenvalue weighted by molar-refractivity contribution is 7.80. The van der Waals surface area contributed by atoms with Gasteiger partial charge in [-0.15, -0.1) is 0 Å². The Hall–Kier alpha value is -0.290. The number of ether oxygens (including phenoxy) is 2. The summed E-state index contributed by atoms with van der Waals surface area (Å²) in [6, 6.07) is 0. The number of hydrogen-bond donors (Lipinski definition) is 3. The summed E-state index contributed by atoms with van der Waals surface area (Å²) in [5.74, 6) is 0. The van der Waals surface area contributed by atoms with Gasteiger partial charge in [0.2, 0.25) is 0 Å². The molecule has 2 aliphatic heterocycles. The maximum Gasteiger partial charge on any atom is 0.397 e. The zero-order valence-corrected chi connectivity index (χ0v) is 8.20. The fourth-order valence-electron chi connectivity index (χ4n) is 1.69. The SMILES string of the molecule is O=S(=O)(O)O[C@@H]1[C@H]2OC[C@@H](O[C@@H]1O)[C@@H]2O. The Labute approximate surface area is 85.3 Å². The summed E-state index contributed by atoms with van der Waals surface area (Å²) < 4.78 is 43.3. The van der Waals surface area contributed by atoms with Crippen molar-refractivity contribution in [2.24, 2.45) is 0 Å². The highest BCUT2D eigenvalue weighted by Crippen LogP contribution is 2.31. The molecule has 0 amide bonds. The predicted octanol–water partition coefficient (Wildman–Crippen LogP) is -2.35. The molecule has 0 saturated carbocycles. The molecule has 0 spiro atoms. The molecule has 2 aliphatic rings. The van der Waals surface area contributed by atoms with Gasteiger partial charge in [0.05, 0.1) is 6.61 Å². The molecular weight excluding hydrogens is 232 g/mol. The van der Waals surface area contributed by atoms with E-state index in [1.807, 2.05) is 0 Å². The standard InChI is InChI=1S/C6H10O8S/c7-3-2-1-12-4(3)5(6(8)13-2)14-15(9,10)11/h2-8H,1H2,(H,9,10,11)/t2-,3+,4+,5-,6+/m1/s1. The van der Waals surface area contributed by atoms with Crippen LogP contribution in [0.25, 0.3) is 0 Å². The lowest BCUT2D eigenvalue weighted by molar-refractivity contribution is -0.235. The van der Waals surface area contributed by atoms with Gasteiger partial charge in [-0.2, -0.15) is 8.42 Å². The zero-order chi connectivity index (χ0) is 11.2. The van der Waals surface area contributed by atoms with E-state index in [0.29, 0.717) is 0 Å². The van der Waals surface area contributed by atoms with Crippen LogP contribution in [0.5, 0.6) is 0 Å². The van der Waals surface area contributed by atoms with Gasteiger partial charge in [-0.25, -0.2) is 4.18 Å². The minimum Gasteiger partial charge on any atom is -0.387 e. The van der Waals surface area contributed by atoms with Crippen LogP contribution in [0.3, 0.4) is 0 Å². The van der Waals surface area contributed by atoms with E-state index in [1.54, 1.807) is 0 Å². The average Bonchev–Trinajstić information content (AvgIpc) is 2.33. The molecule has 0 unspecified atom stereocenters. The van der Waals surface area contributed by atoms with E-state index in [1.165, 1.54) is 0 Å². The van der Waals surface area contributed by atoms with E-state index in [9.17, 15) is 18.6 Å². The van der Waals surface area contributed by atoms with Crippen molar-refractivity contribution < 1.29 is 36.8 Å². The molecule has 9 heteroatoms. The van der Waals surface area contributed by atoms with Crippen LogP contribution >= 0.6 is 0 Å². The Morgan fingerprint density at radius 2 is 2.00 bits per heavy atom. The van der Waals surface area contributed by atoms with Crippen LogP contribution in [-0.2, 0) is 24.1 Å². The van der Waals surface area contributed by atoms with Crippen molar-refractivity contribution in [3.8, 4) is 0 Å². The third kappa shape index (κ3) is 2.13. The first-order chi connectivity index (χ1) is 6.88. The maximum absolute atomic E-state index is 10.5. The average molecular weight is 242 g/mol. The molecule has 2 fully saturated rings. The quantitative estimate of drug-likeness (QED) is 0.460. The van der Waals surface area contributed by atoms with Crippen LogP contribution in [0.15, 0.2) is 0 Å². The molecular formula is C6H10O8S. The monoisotopic (exact) mass is 242 g/mol. The first-order valence-electron chi connectivity index (χ1n) is 4.17. The molecule has 0 aromatic heterocycles. The molecule has 0 aliphatic carbocycles. The van der Waals surface area contributed by atoms with Crippen LogP contribution in [0.4, 0.5) is 0 Å². The minimum atomic E-state index is -4.74. The molecule has 2 heterocycles. The van der Waals surface area contributed by atoms with E-state index in [2.05, 4.69) is 4.18 Å². The Morgan fingerprint density at radius 1 is 1.33 bits per heavy atom. The van der Waals surface area contributed by atoms with Crippen LogP contribution < -0.4 is 0 Å². The highest BCUT2D eigenvalue weighted by Gasteiger charge is 2.52. The largest absolute Gasteiger partial charge is 0.397 e. The summed E-state index contributed by atoms with van der Waals surface area (Å²) >= 11 is 0. The van der Waals surface area contributed by atoms with Gasteiger partial charge in [0.1, 0.15) is 18.3 Å². The molecule has 15 heavy (non-hydrogen) atoms. The molecule has 8 nitrogen and oxygen atoms in total. The van der Waals surface area contributed by atoms with Crippen LogP contribution in [-0.4, -0.2) is 60.5 Å². The van der Waals surface area contributed by atoms with Gasteiger partial charge in [0, 0.05) is 0 Å². The Bertz CT molecular complexity index is 339. The molecule has 0 aromatic carbocycles. The molecule has 2 saturated heterocycles. The number of aliphatic hydroxyl groups excluding tert-OH is 2. The lowest BCUT2D eigenvalue weighted by Gasteiger charge is -2.33. The van der Waals surface area contributed by atoms with Crippen molar-refractivity contribution in [3.63, 3.8) is 0 Å². The van der Waals surface area contributed by atoms with Crippen LogP contribution in [0.2, 0.25) is 0 Å². The van der Waals surface area contributed by atoms with Gasteiger partial charge >= 0.3 is 10.4 Å². The van der Waals surface area contributed by atoms with Crippen LogP contribution in [0, 0.1) is 0 Å². The summed E-state index contributed by atoms with van der Waals surface area (Å²) in [4.78, 5) is 0. The van der Waals surface area contributed by atoms with Crippen molar-refractivity contribution >= 4 is 10.4 Å². The van der Waals surface area contributed by atoms with Gasteiger partial charge in [-0.05, 0) is 0 Å². The van der Waals surface area contributed by atoms with E-state index >= 15 is 0 Å². The first-order valence-corrected chi connectivity index (χ1v) is 5.54. The number of rotatable bonds is 2. The molecule has 88 valence electrons. The molecule has 0 radical (unpaired) electrons. The zero-order valence-electron chi connectivity index (χ0n) is 7.38. The highest BCUT2D eigenvalue weighted by atomic mass is 32.3. The lowest BCUT2D eigenvalue weighted by atomic mass is 10.0. The molecule has 3 N–H and O–H groups in total. The van der Waals surface area contributed by atoms with Crippen molar-refractivity contribution in [1.82, 2.24) is 0 Å². The minimum absolute atomic E-state index is 0.0359. The van der Waals surface area contributed by atoms with Gasteiger partial charge in [0.15, 0.2) is 12.4 Å². The Morgan fingerprint density at radius 3 is 2.60 bits per heavy atom. The maximum atomic E-state index is 10.5. The second-order valence-corrected chi connectivity index (χ2v) is 4.39. The predicted molar refractivity (Wildman–Crippen MR) is 43.0 cm³/mol. The van der Waals surface area contributed by atoms with E-state index in [0.717, 1.165) is 0 Å². The van der Waals surface area contributed by atoms with Gasteiger partial charge in [-0.3, -0.25) is 4.55 Å².